The highest BCUT2D eigenvalue weighted by Crippen LogP contribution is 2.30. The van der Waals surface area contributed by atoms with E-state index in [-0.39, 0.29) is 12.1 Å². The van der Waals surface area contributed by atoms with Crippen LogP contribution in [-0.4, -0.2) is 23.3 Å². The molecule has 0 aromatic carbocycles. The Morgan fingerprint density at radius 1 is 1.38 bits per heavy atom. The van der Waals surface area contributed by atoms with E-state index in [1.54, 1.807) is 0 Å². The number of aliphatic hydroxyl groups excluding tert-OH is 1. The Balaban J connectivity index is 2.55. The van der Waals surface area contributed by atoms with Gasteiger partial charge in [0.05, 0.1) is 0 Å². The number of urea groups is 1. The van der Waals surface area contributed by atoms with Gasteiger partial charge in [-0.25, -0.2) is 4.79 Å². The lowest BCUT2D eigenvalue weighted by Crippen LogP contribution is -2.52. The first-order valence-electron chi connectivity index (χ1n) is 4.87. The van der Waals surface area contributed by atoms with Gasteiger partial charge < -0.3 is 16.2 Å². The zero-order chi connectivity index (χ0) is 9.73. The van der Waals surface area contributed by atoms with Crippen molar-refractivity contribution in [2.75, 3.05) is 6.61 Å². The predicted molar refractivity (Wildman–Crippen MR) is 50.2 cm³/mol. The molecule has 2 amide bonds. The number of carbonyl (C=O) groups excluding carboxylic acids is 1. The minimum atomic E-state index is -0.477. The largest absolute Gasteiger partial charge is 0.396 e. The van der Waals surface area contributed by atoms with E-state index in [2.05, 4.69) is 5.32 Å². The topological polar surface area (TPSA) is 75.4 Å². The molecule has 1 aliphatic carbocycles. The Morgan fingerprint density at radius 3 is 2.46 bits per heavy atom. The van der Waals surface area contributed by atoms with Gasteiger partial charge in [0, 0.05) is 12.1 Å². The minimum absolute atomic E-state index is 0.111. The molecule has 0 aromatic heterocycles. The van der Waals surface area contributed by atoms with Crippen LogP contribution in [0.25, 0.3) is 0 Å². The van der Waals surface area contributed by atoms with E-state index in [1.807, 2.05) is 0 Å². The van der Waals surface area contributed by atoms with Crippen LogP contribution in [0, 0.1) is 0 Å². The Labute approximate surface area is 78.5 Å². The standard InChI is InChI=1S/C9H18N2O2/c10-8(13)11-9(6-7-12)4-2-1-3-5-9/h12H,1-7H2,(H3,10,11,13). The third-order valence-electron chi connectivity index (χ3n) is 2.79. The van der Waals surface area contributed by atoms with Crippen LogP contribution in [0.15, 0.2) is 0 Å². The molecule has 1 saturated carbocycles. The fraction of sp³-hybridized carbons (Fsp3) is 0.889. The van der Waals surface area contributed by atoms with Crippen LogP contribution in [0.4, 0.5) is 4.79 Å². The van der Waals surface area contributed by atoms with Crippen molar-refractivity contribution < 1.29 is 9.90 Å². The average molecular weight is 186 g/mol. The quantitative estimate of drug-likeness (QED) is 0.608. The lowest BCUT2D eigenvalue weighted by molar-refractivity contribution is 0.167. The van der Waals surface area contributed by atoms with Crippen molar-refractivity contribution >= 4 is 6.03 Å². The van der Waals surface area contributed by atoms with E-state index in [0.29, 0.717) is 6.42 Å². The molecule has 4 nitrogen and oxygen atoms in total. The predicted octanol–water partition coefficient (Wildman–Crippen LogP) is 0.740. The van der Waals surface area contributed by atoms with Crippen LogP contribution in [0.5, 0.6) is 0 Å². The third-order valence-corrected chi connectivity index (χ3v) is 2.79. The molecule has 13 heavy (non-hydrogen) atoms. The van der Waals surface area contributed by atoms with Gasteiger partial charge in [-0.15, -0.1) is 0 Å². The molecule has 1 aliphatic rings. The minimum Gasteiger partial charge on any atom is -0.396 e. The number of nitrogens with two attached hydrogens (primary N) is 1. The fourth-order valence-electron chi connectivity index (χ4n) is 2.14. The van der Waals surface area contributed by atoms with E-state index in [9.17, 15) is 4.79 Å². The second-order valence-corrected chi connectivity index (χ2v) is 3.80. The summed E-state index contributed by atoms with van der Waals surface area (Å²) in [4.78, 5) is 10.8. The summed E-state index contributed by atoms with van der Waals surface area (Å²) < 4.78 is 0. The molecule has 0 heterocycles. The Hall–Kier alpha value is -0.770. The summed E-state index contributed by atoms with van der Waals surface area (Å²) in [6.07, 6.45) is 5.94. The molecule has 0 spiro atoms. The second-order valence-electron chi connectivity index (χ2n) is 3.80. The maximum Gasteiger partial charge on any atom is 0.312 e. The zero-order valence-electron chi connectivity index (χ0n) is 7.88. The van der Waals surface area contributed by atoms with Gasteiger partial charge in [-0.2, -0.15) is 0 Å². The molecule has 0 aromatic rings. The Morgan fingerprint density at radius 2 is 2.00 bits per heavy atom. The van der Waals surface area contributed by atoms with Crippen molar-refractivity contribution in [1.29, 1.82) is 0 Å². The van der Waals surface area contributed by atoms with E-state index < -0.39 is 6.03 Å². The molecule has 0 aliphatic heterocycles. The van der Waals surface area contributed by atoms with Crippen LogP contribution >= 0.6 is 0 Å². The maximum absolute atomic E-state index is 10.8. The van der Waals surface area contributed by atoms with Crippen molar-refractivity contribution in [3.8, 4) is 0 Å². The van der Waals surface area contributed by atoms with Gasteiger partial charge in [0.1, 0.15) is 0 Å². The number of hydrogen-bond acceptors (Lipinski definition) is 2. The monoisotopic (exact) mass is 186 g/mol. The van der Waals surface area contributed by atoms with Gasteiger partial charge in [-0.3, -0.25) is 0 Å². The van der Waals surface area contributed by atoms with Crippen molar-refractivity contribution in [3.63, 3.8) is 0 Å². The van der Waals surface area contributed by atoms with Crippen LogP contribution in [-0.2, 0) is 0 Å². The number of carbonyl (C=O) groups is 1. The summed E-state index contributed by atoms with van der Waals surface area (Å²) in [6.45, 7) is 0.111. The summed E-state index contributed by atoms with van der Waals surface area (Å²) in [6, 6.07) is -0.477. The number of primary amides is 1. The number of nitrogens with one attached hydrogen (secondary N) is 1. The van der Waals surface area contributed by atoms with Gasteiger partial charge in [0.25, 0.3) is 0 Å². The maximum atomic E-state index is 10.8. The molecule has 0 unspecified atom stereocenters. The van der Waals surface area contributed by atoms with Crippen LogP contribution in [0.3, 0.4) is 0 Å². The first-order chi connectivity index (χ1) is 6.18. The first-order valence-corrected chi connectivity index (χ1v) is 4.87. The van der Waals surface area contributed by atoms with Crippen molar-refractivity contribution in [2.24, 2.45) is 5.73 Å². The summed E-state index contributed by atoms with van der Waals surface area (Å²) in [5.41, 5.74) is 4.88. The van der Waals surface area contributed by atoms with Gasteiger partial charge in [0.2, 0.25) is 0 Å². The lowest BCUT2D eigenvalue weighted by Gasteiger charge is -2.37. The highest BCUT2D eigenvalue weighted by molar-refractivity contribution is 5.72. The van der Waals surface area contributed by atoms with E-state index in [4.69, 9.17) is 10.8 Å². The van der Waals surface area contributed by atoms with E-state index in [1.165, 1.54) is 6.42 Å². The molecule has 1 fully saturated rings. The van der Waals surface area contributed by atoms with Gasteiger partial charge in [-0.05, 0) is 19.3 Å². The molecular formula is C9H18N2O2. The van der Waals surface area contributed by atoms with Gasteiger partial charge in [-0.1, -0.05) is 19.3 Å². The molecule has 1 rings (SSSR count). The Bertz CT molecular complexity index is 171. The molecule has 0 radical (unpaired) electrons. The van der Waals surface area contributed by atoms with Crippen molar-refractivity contribution in [1.82, 2.24) is 5.32 Å². The van der Waals surface area contributed by atoms with Crippen LogP contribution in [0.2, 0.25) is 0 Å². The van der Waals surface area contributed by atoms with E-state index >= 15 is 0 Å². The summed E-state index contributed by atoms with van der Waals surface area (Å²) in [7, 11) is 0. The summed E-state index contributed by atoms with van der Waals surface area (Å²) in [5, 5.41) is 11.7. The molecule has 0 atom stereocenters. The Kier molecular flexibility index (Phi) is 3.54. The van der Waals surface area contributed by atoms with Crippen LogP contribution < -0.4 is 11.1 Å². The normalized spacial score (nSPS) is 21.0. The molecule has 76 valence electrons. The van der Waals surface area contributed by atoms with Crippen molar-refractivity contribution in [2.45, 2.75) is 44.1 Å². The average Bonchev–Trinajstić information content (AvgIpc) is 2.04. The molecule has 4 heteroatoms. The number of aliphatic hydroxyl groups is 1. The number of amides is 2. The number of hydrogen-bond donors (Lipinski definition) is 3. The zero-order valence-corrected chi connectivity index (χ0v) is 7.88. The van der Waals surface area contributed by atoms with Crippen molar-refractivity contribution in [3.05, 3.63) is 0 Å². The molecule has 0 bridgehead atoms. The van der Waals surface area contributed by atoms with Gasteiger partial charge >= 0.3 is 6.03 Å². The molecular weight excluding hydrogens is 168 g/mol. The summed E-state index contributed by atoms with van der Waals surface area (Å²) >= 11 is 0. The first kappa shape index (κ1) is 10.3. The molecule has 0 saturated heterocycles. The smallest absolute Gasteiger partial charge is 0.312 e. The highest BCUT2D eigenvalue weighted by Gasteiger charge is 2.32. The fourth-order valence-corrected chi connectivity index (χ4v) is 2.14. The molecule has 4 N–H and O–H groups in total. The number of rotatable bonds is 3. The second kappa shape index (κ2) is 4.46. The third kappa shape index (κ3) is 2.88. The summed E-state index contributed by atoms with van der Waals surface area (Å²) in [5.74, 6) is 0. The lowest BCUT2D eigenvalue weighted by atomic mass is 9.79. The van der Waals surface area contributed by atoms with E-state index in [0.717, 1.165) is 25.7 Å². The highest BCUT2D eigenvalue weighted by atomic mass is 16.3. The van der Waals surface area contributed by atoms with Crippen LogP contribution in [0.1, 0.15) is 38.5 Å². The SMILES string of the molecule is NC(=O)NC1(CCO)CCCCC1. The van der Waals surface area contributed by atoms with Gasteiger partial charge in [0.15, 0.2) is 0 Å².